The number of halogens is 2. The van der Waals surface area contributed by atoms with Gasteiger partial charge in [-0.3, -0.25) is 0 Å². The van der Waals surface area contributed by atoms with Crippen molar-refractivity contribution in [2.75, 3.05) is 0 Å². The molecule has 0 amide bonds. The minimum atomic E-state index is 0.161. The van der Waals surface area contributed by atoms with E-state index in [1.54, 1.807) is 0 Å². The summed E-state index contributed by atoms with van der Waals surface area (Å²) in [5.41, 5.74) is 5.88. The number of rotatable bonds is 2. The molecule has 0 saturated carbocycles. The number of benzene rings is 2. The molecule has 0 radical (unpaired) electrons. The van der Waals surface area contributed by atoms with Gasteiger partial charge >= 0.3 is 0 Å². The molecule has 0 aromatic heterocycles. The second kappa shape index (κ2) is 7.70. The fourth-order valence-corrected chi connectivity index (χ4v) is 6.86. The van der Waals surface area contributed by atoms with Crippen LogP contribution in [-0.2, 0) is 10.8 Å². The van der Waals surface area contributed by atoms with Crippen LogP contribution < -0.4 is 0 Å². The lowest BCUT2D eigenvalue weighted by Gasteiger charge is -2.25. The summed E-state index contributed by atoms with van der Waals surface area (Å²) < 4.78 is 2.77. The topological polar surface area (TPSA) is 0 Å². The average Bonchev–Trinajstić information content (AvgIpc) is 2.43. The highest BCUT2D eigenvalue weighted by Crippen LogP contribution is 2.42. The van der Waals surface area contributed by atoms with Gasteiger partial charge in [-0.15, -0.1) is 0 Å². The lowest BCUT2D eigenvalue weighted by atomic mass is 9.86. The first-order valence-electron chi connectivity index (χ1n) is 8.60. The molecule has 0 aliphatic carbocycles. The molecule has 0 atom stereocenters. The normalized spacial score (nSPS) is 12.6. The van der Waals surface area contributed by atoms with Gasteiger partial charge in [0.15, 0.2) is 0 Å². The van der Waals surface area contributed by atoms with Gasteiger partial charge in [0.05, 0.1) is 0 Å². The second-order valence-corrected chi connectivity index (χ2v) is 12.1. The van der Waals surface area contributed by atoms with Crippen LogP contribution in [0, 0.1) is 21.0 Å². The zero-order valence-corrected chi connectivity index (χ0v) is 21.6. The van der Waals surface area contributed by atoms with Crippen LogP contribution in [0.5, 0.6) is 0 Å². The highest BCUT2D eigenvalue weighted by Gasteiger charge is 2.23. The Balaban J connectivity index is 2.58. The molecule has 0 aliphatic rings. The van der Waals surface area contributed by atoms with Gasteiger partial charge in [0.2, 0.25) is 0 Å². The van der Waals surface area contributed by atoms with Crippen LogP contribution in [0.25, 0.3) is 0 Å². The third kappa shape index (κ3) is 5.16. The first-order valence-corrected chi connectivity index (χ1v) is 11.6. The van der Waals surface area contributed by atoms with Gasteiger partial charge in [-0.1, -0.05) is 65.4 Å². The van der Waals surface area contributed by atoms with Gasteiger partial charge in [-0.2, -0.15) is 0 Å². The Labute approximate surface area is 185 Å². The Morgan fingerprint density at radius 1 is 0.640 bits per heavy atom. The third-order valence-electron chi connectivity index (χ3n) is 4.20. The lowest BCUT2D eigenvalue weighted by molar-refractivity contribution is 0.583. The van der Waals surface area contributed by atoms with Crippen LogP contribution in [0.1, 0.15) is 63.8 Å². The predicted octanol–water partition coefficient (Wildman–Crippen LogP) is 8.26. The van der Waals surface area contributed by atoms with E-state index in [-0.39, 0.29) is 10.8 Å². The van der Waals surface area contributed by atoms with Gasteiger partial charge in [0.25, 0.3) is 0 Å². The van der Waals surface area contributed by atoms with E-state index >= 15 is 0 Å². The first-order chi connectivity index (χ1) is 11.3. The summed E-state index contributed by atoms with van der Waals surface area (Å²) in [5.74, 6) is 0. The lowest BCUT2D eigenvalue weighted by Crippen LogP contribution is -2.15. The van der Waals surface area contributed by atoms with E-state index in [1.165, 1.54) is 39.2 Å². The van der Waals surface area contributed by atoms with E-state index < -0.39 is 0 Å². The Bertz CT molecular complexity index is 726. The highest BCUT2D eigenvalue weighted by atomic mass is 127. The summed E-state index contributed by atoms with van der Waals surface area (Å²) >= 11 is 6.98. The van der Waals surface area contributed by atoms with E-state index in [4.69, 9.17) is 0 Å². The molecule has 0 N–H and O–H groups in total. The minimum absolute atomic E-state index is 0.161. The molecule has 0 bridgehead atoms. The maximum absolute atomic E-state index is 2.53. The van der Waals surface area contributed by atoms with Crippen LogP contribution in [0.15, 0.2) is 34.1 Å². The van der Waals surface area contributed by atoms with Crippen LogP contribution in [0.3, 0.4) is 0 Å². The fourth-order valence-electron chi connectivity index (χ4n) is 2.83. The van der Waals surface area contributed by atoms with E-state index in [0.717, 1.165) is 0 Å². The van der Waals surface area contributed by atoms with E-state index in [9.17, 15) is 0 Å². The van der Waals surface area contributed by atoms with E-state index in [0.29, 0.717) is 0 Å². The summed E-state index contributed by atoms with van der Waals surface area (Å²) in [7, 11) is 0. The van der Waals surface area contributed by atoms with Crippen molar-refractivity contribution >= 4 is 56.9 Å². The second-order valence-electron chi connectivity index (χ2n) is 8.85. The predicted molar refractivity (Wildman–Crippen MR) is 129 cm³/mol. The van der Waals surface area contributed by atoms with Gasteiger partial charge < -0.3 is 0 Å². The van der Waals surface area contributed by atoms with E-state index in [2.05, 4.69) is 125 Å². The molecule has 2 aromatic rings. The van der Waals surface area contributed by atoms with Gasteiger partial charge in [0.1, 0.15) is 0 Å². The third-order valence-corrected chi connectivity index (χ3v) is 8.34. The van der Waals surface area contributed by atoms with Crippen molar-refractivity contribution in [3.63, 3.8) is 0 Å². The Morgan fingerprint density at radius 2 is 0.960 bits per heavy atom. The van der Waals surface area contributed by atoms with Crippen molar-refractivity contribution in [3.8, 4) is 0 Å². The average molecular weight is 578 g/mol. The molecule has 0 heterocycles. The fraction of sp³-hybridized carbons (Fsp3) is 0.455. The molecule has 0 spiro atoms. The molecular formula is C22H28I2S. The summed E-state index contributed by atoms with van der Waals surface area (Å²) in [6.07, 6.45) is 0. The van der Waals surface area contributed by atoms with E-state index in [1.807, 2.05) is 11.8 Å². The maximum atomic E-state index is 2.53. The molecule has 2 aromatic carbocycles. The zero-order valence-electron chi connectivity index (χ0n) is 16.5. The van der Waals surface area contributed by atoms with Crippen LogP contribution in [0.4, 0.5) is 0 Å². The van der Waals surface area contributed by atoms with Gasteiger partial charge in [-0.05, 0) is 104 Å². The largest absolute Gasteiger partial charge is 0.0878 e. The van der Waals surface area contributed by atoms with Crippen molar-refractivity contribution in [3.05, 3.63) is 53.7 Å². The molecule has 2 rings (SSSR count). The smallest absolute Gasteiger partial charge is 0.0307 e. The zero-order chi connectivity index (χ0) is 19.2. The summed E-state index contributed by atoms with van der Waals surface area (Å²) in [6, 6.07) is 9.34. The Morgan fingerprint density at radius 3 is 1.24 bits per heavy atom. The Hall–Kier alpha value is 0.250. The number of aryl methyl sites for hydroxylation is 2. The van der Waals surface area contributed by atoms with Gasteiger partial charge in [0, 0.05) is 16.9 Å². The molecule has 0 nitrogen and oxygen atoms in total. The molecule has 0 aliphatic heterocycles. The minimum Gasteiger partial charge on any atom is -0.0878 e. The van der Waals surface area contributed by atoms with Crippen LogP contribution >= 0.6 is 56.9 Å². The molecule has 0 saturated heterocycles. The van der Waals surface area contributed by atoms with Crippen LogP contribution in [0.2, 0.25) is 0 Å². The van der Waals surface area contributed by atoms with Gasteiger partial charge in [-0.25, -0.2) is 0 Å². The summed E-state index contributed by atoms with van der Waals surface area (Å²) in [6.45, 7) is 18.2. The van der Waals surface area contributed by atoms with Crippen molar-refractivity contribution in [2.45, 2.75) is 76.0 Å². The molecule has 136 valence electrons. The molecule has 0 fully saturated rings. The SMILES string of the molecule is Cc1cc(Sc2cc(C)cc(C(C)(C)C)c2I)c(I)c(C(C)(C)C)c1. The molecule has 0 unspecified atom stereocenters. The quantitative estimate of drug-likeness (QED) is 0.324. The number of hydrogen-bond acceptors (Lipinski definition) is 1. The number of hydrogen-bond donors (Lipinski definition) is 0. The maximum Gasteiger partial charge on any atom is 0.0307 e. The summed E-state index contributed by atoms with van der Waals surface area (Å²) in [4.78, 5) is 2.74. The monoisotopic (exact) mass is 578 g/mol. The van der Waals surface area contributed by atoms with Crippen molar-refractivity contribution in [2.24, 2.45) is 0 Å². The standard InChI is InChI=1S/C22H28I2S/c1-13-9-15(21(3,4)5)19(23)17(11-13)25-18-12-14(2)10-16(20(18)24)22(6,7)8/h9-12H,1-8H3. The van der Waals surface area contributed by atoms with Crippen molar-refractivity contribution in [1.82, 2.24) is 0 Å². The molecule has 3 heteroatoms. The molecular weight excluding hydrogens is 550 g/mol. The Kier molecular flexibility index (Phi) is 6.64. The highest BCUT2D eigenvalue weighted by molar-refractivity contribution is 14.1. The summed E-state index contributed by atoms with van der Waals surface area (Å²) in [5, 5.41) is 0. The van der Waals surface area contributed by atoms with Crippen LogP contribution in [-0.4, -0.2) is 0 Å². The first kappa shape index (κ1) is 21.5. The van der Waals surface area contributed by atoms with Crippen molar-refractivity contribution < 1.29 is 0 Å². The van der Waals surface area contributed by atoms with Crippen molar-refractivity contribution in [1.29, 1.82) is 0 Å². The molecule has 25 heavy (non-hydrogen) atoms.